The summed E-state index contributed by atoms with van der Waals surface area (Å²) in [6.07, 6.45) is 11.8. The van der Waals surface area contributed by atoms with Crippen LogP contribution in [-0.4, -0.2) is 33.5 Å². The molecule has 30 heavy (non-hydrogen) atoms. The fourth-order valence-corrected chi connectivity index (χ4v) is 9.10. The summed E-state index contributed by atoms with van der Waals surface area (Å²) in [4.78, 5) is 10.8. The lowest BCUT2D eigenvalue weighted by Gasteiger charge is -2.62. The standard InChI is InChI=1S/C26H44O4/c1-16(6-4-5-7-24(29)30)20-10-11-21-19-9-8-17-14-18(27)12-13-25(17,2)22(19)15-23(28)26(20,21)3/h16-23,27-28H,4-15H2,1-3H3,(H,29,30)/t16?,17?,18?,19-,20+,21-,22-,23?,25-,26+/m0/s1. The lowest BCUT2D eigenvalue weighted by atomic mass is 9.43. The molecule has 0 aromatic carbocycles. The smallest absolute Gasteiger partial charge is 0.303 e. The number of rotatable bonds is 6. The molecule has 0 spiro atoms. The minimum atomic E-state index is -0.691. The predicted octanol–water partition coefficient (Wildman–Crippen LogP) is 5.26. The molecule has 4 unspecified atom stereocenters. The van der Waals surface area contributed by atoms with Crippen molar-refractivity contribution in [3.63, 3.8) is 0 Å². The SMILES string of the molecule is CC(CCCCC(=O)O)[C@H]1CC[C@H]2[C@@H]3CCC4CC(O)CC[C@]4(C)[C@H]3CC(O)[C@]12C. The molecule has 0 radical (unpaired) electrons. The number of carbonyl (C=O) groups is 1. The summed E-state index contributed by atoms with van der Waals surface area (Å²) in [5.74, 6) is 3.02. The fourth-order valence-electron chi connectivity index (χ4n) is 9.10. The molecule has 4 rings (SSSR count). The summed E-state index contributed by atoms with van der Waals surface area (Å²) in [6, 6.07) is 0. The van der Waals surface area contributed by atoms with Crippen LogP contribution in [0.2, 0.25) is 0 Å². The minimum Gasteiger partial charge on any atom is -0.481 e. The van der Waals surface area contributed by atoms with Crippen molar-refractivity contribution in [1.29, 1.82) is 0 Å². The number of unbranched alkanes of at least 4 members (excludes halogenated alkanes) is 1. The van der Waals surface area contributed by atoms with Gasteiger partial charge in [0.05, 0.1) is 12.2 Å². The first kappa shape index (κ1) is 22.6. The molecular weight excluding hydrogens is 376 g/mol. The van der Waals surface area contributed by atoms with Gasteiger partial charge in [0.25, 0.3) is 0 Å². The molecular formula is C26H44O4. The van der Waals surface area contributed by atoms with Crippen molar-refractivity contribution in [3.05, 3.63) is 0 Å². The summed E-state index contributed by atoms with van der Waals surface area (Å²) >= 11 is 0. The van der Waals surface area contributed by atoms with Gasteiger partial charge in [-0.05, 0) is 104 Å². The monoisotopic (exact) mass is 420 g/mol. The Morgan fingerprint density at radius 2 is 1.77 bits per heavy atom. The van der Waals surface area contributed by atoms with Gasteiger partial charge in [0, 0.05) is 6.42 Å². The van der Waals surface area contributed by atoms with Crippen molar-refractivity contribution in [3.8, 4) is 0 Å². The van der Waals surface area contributed by atoms with Crippen molar-refractivity contribution in [2.24, 2.45) is 46.3 Å². The summed E-state index contributed by atoms with van der Waals surface area (Å²) < 4.78 is 0. The Morgan fingerprint density at radius 3 is 2.50 bits per heavy atom. The van der Waals surface area contributed by atoms with Crippen LogP contribution in [0.3, 0.4) is 0 Å². The highest BCUT2D eigenvalue weighted by atomic mass is 16.4. The highest BCUT2D eigenvalue weighted by Crippen LogP contribution is 2.68. The third-order valence-electron chi connectivity index (χ3n) is 10.8. The van der Waals surface area contributed by atoms with Crippen molar-refractivity contribution in [1.82, 2.24) is 0 Å². The quantitative estimate of drug-likeness (QED) is 0.512. The Kier molecular flexibility index (Phi) is 6.31. The van der Waals surface area contributed by atoms with Crippen LogP contribution in [0.15, 0.2) is 0 Å². The van der Waals surface area contributed by atoms with E-state index in [-0.39, 0.29) is 24.0 Å². The number of hydrogen-bond acceptors (Lipinski definition) is 3. The van der Waals surface area contributed by atoms with Gasteiger partial charge in [0.15, 0.2) is 0 Å². The zero-order chi connectivity index (χ0) is 21.7. The van der Waals surface area contributed by atoms with Crippen molar-refractivity contribution < 1.29 is 20.1 Å². The molecule has 10 atom stereocenters. The van der Waals surface area contributed by atoms with Gasteiger partial charge in [-0.25, -0.2) is 0 Å². The molecule has 0 heterocycles. The zero-order valence-corrected chi connectivity index (χ0v) is 19.4. The molecule has 0 amide bonds. The van der Waals surface area contributed by atoms with E-state index >= 15 is 0 Å². The van der Waals surface area contributed by atoms with E-state index < -0.39 is 5.97 Å². The van der Waals surface area contributed by atoms with Gasteiger partial charge < -0.3 is 15.3 Å². The second kappa shape index (κ2) is 8.39. The Labute approximate surface area is 182 Å². The van der Waals surface area contributed by atoms with Crippen molar-refractivity contribution in [2.45, 2.75) is 110 Å². The molecule has 4 saturated carbocycles. The van der Waals surface area contributed by atoms with Crippen LogP contribution in [0.1, 0.15) is 97.8 Å². The maximum absolute atomic E-state index is 11.6. The first-order valence-corrected chi connectivity index (χ1v) is 12.8. The van der Waals surface area contributed by atoms with Crippen LogP contribution in [0.25, 0.3) is 0 Å². The molecule has 4 heteroatoms. The molecule has 0 aromatic heterocycles. The van der Waals surface area contributed by atoms with E-state index in [1.807, 2.05) is 0 Å². The largest absolute Gasteiger partial charge is 0.481 e. The first-order chi connectivity index (χ1) is 14.2. The van der Waals surface area contributed by atoms with Gasteiger partial charge >= 0.3 is 5.97 Å². The Bertz CT molecular complexity index is 635. The van der Waals surface area contributed by atoms with E-state index in [0.29, 0.717) is 35.0 Å². The van der Waals surface area contributed by atoms with Gasteiger partial charge in [0.2, 0.25) is 0 Å². The number of carboxylic acids is 1. The van der Waals surface area contributed by atoms with E-state index in [1.54, 1.807) is 0 Å². The summed E-state index contributed by atoms with van der Waals surface area (Å²) in [6.45, 7) is 7.22. The average Bonchev–Trinajstić information content (AvgIpc) is 3.05. The van der Waals surface area contributed by atoms with Gasteiger partial charge in [-0.15, -0.1) is 0 Å². The van der Waals surface area contributed by atoms with Crippen LogP contribution in [0.5, 0.6) is 0 Å². The highest BCUT2D eigenvalue weighted by molar-refractivity contribution is 5.66. The number of fused-ring (bicyclic) bond motifs is 5. The number of aliphatic hydroxyl groups is 2. The van der Waals surface area contributed by atoms with Crippen LogP contribution < -0.4 is 0 Å². The van der Waals surface area contributed by atoms with E-state index in [4.69, 9.17) is 5.11 Å². The molecule has 4 aliphatic carbocycles. The fraction of sp³-hybridized carbons (Fsp3) is 0.962. The lowest BCUT2D eigenvalue weighted by Crippen LogP contribution is -2.58. The molecule has 4 aliphatic rings. The lowest BCUT2D eigenvalue weighted by molar-refractivity contribution is -0.174. The zero-order valence-electron chi connectivity index (χ0n) is 19.4. The van der Waals surface area contributed by atoms with Gasteiger partial charge in [0.1, 0.15) is 0 Å². The Morgan fingerprint density at radius 1 is 1.00 bits per heavy atom. The number of hydrogen-bond donors (Lipinski definition) is 3. The number of aliphatic carboxylic acids is 1. The van der Waals surface area contributed by atoms with Crippen LogP contribution in [-0.2, 0) is 4.79 Å². The number of aliphatic hydroxyl groups excluding tert-OH is 2. The van der Waals surface area contributed by atoms with Crippen LogP contribution >= 0.6 is 0 Å². The van der Waals surface area contributed by atoms with E-state index in [0.717, 1.165) is 50.9 Å². The topological polar surface area (TPSA) is 77.8 Å². The average molecular weight is 421 g/mol. The summed E-state index contributed by atoms with van der Waals surface area (Å²) in [5.41, 5.74) is 0.315. The molecule has 4 fully saturated rings. The van der Waals surface area contributed by atoms with E-state index in [1.165, 1.54) is 25.7 Å². The Balaban J connectivity index is 1.48. The molecule has 0 bridgehead atoms. The van der Waals surface area contributed by atoms with Crippen molar-refractivity contribution in [2.75, 3.05) is 0 Å². The van der Waals surface area contributed by atoms with E-state index in [9.17, 15) is 15.0 Å². The molecule has 172 valence electrons. The van der Waals surface area contributed by atoms with Crippen LogP contribution in [0, 0.1) is 46.3 Å². The highest BCUT2D eigenvalue weighted by Gasteiger charge is 2.63. The Hall–Kier alpha value is -0.610. The maximum atomic E-state index is 11.6. The van der Waals surface area contributed by atoms with Crippen LogP contribution in [0.4, 0.5) is 0 Å². The van der Waals surface area contributed by atoms with E-state index in [2.05, 4.69) is 20.8 Å². The third kappa shape index (κ3) is 3.64. The summed E-state index contributed by atoms with van der Waals surface area (Å²) in [5, 5.41) is 30.7. The predicted molar refractivity (Wildman–Crippen MR) is 118 cm³/mol. The van der Waals surface area contributed by atoms with Gasteiger partial charge in [-0.3, -0.25) is 4.79 Å². The third-order valence-corrected chi connectivity index (χ3v) is 10.8. The second-order valence-corrected chi connectivity index (χ2v) is 12.0. The van der Waals surface area contributed by atoms with Gasteiger partial charge in [-0.1, -0.05) is 33.6 Å². The molecule has 0 aromatic rings. The maximum Gasteiger partial charge on any atom is 0.303 e. The second-order valence-electron chi connectivity index (χ2n) is 12.0. The minimum absolute atomic E-state index is 0.0186. The molecule has 4 nitrogen and oxygen atoms in total. The van der Waals surface area contributed by atoms with Gasteiger partial charge in [-0.2, -0.15) is 0 Å². The summed E-state index contributed by atoms with van der Waals surface area (Å²) in [7, 11) is 0. The molecule has 0 aliphatic heterocycles. The molecule has 3 N–H and O–H groups in total. The van der Waals surface area contributed by atoms with Crippen molar-refractivity contribution >= 4 is 5.97 Å². The molecule has 0 saturated heterocycles. The normalized spacial score (nSPS) is 49.0. The number of carboxylic acid groups (broad SMARTS) is 1. The first-order valence-electron chi connectivity index (χ1n) is 12.8.